The fourth-order valence-electron chi connectivity index (χ4n) is 4.34. The molecule has 164 valence electrons. The lowest BCUT2D eigenvalue weighted by atomic mass is 10.00. The summed E-state index contributed by atoms with van der Waals surface area (Å²) in [5.74, 6) is -0.262. The first-order valence-electron chi connectivity index (χ1n) is 11.1. The Balaban J connectivity index is 1.66. The number of fused-ring (bicyclic) bond motifs is 1. The first-order chi connectivity index (χ1) is 15.2. The van der Waals surface area contributed by atoms with Gasteiger partial charge in [-0.1, -0.05) is 42.8 Å². The van der Waals surface area contributed by atoms with E-state index in [1.54, 1.807) is 0 Å². The highest BCUT2D eigenvalue weighted by molar-refractivity contribution is 6.31. The minimum Gasteiger partial charge on any atom is -0.359 e. The summed E-state index contributed by atoms with van der Waals surface area (Å²) < 4.78 is 0. The maximum Gasteiger partial charge on any atom is 0.251 e. The number of ketones is 1. The first-order valence-corrected chi connectivity index (χ1v) is 11.1. The molecule has 1 amide bonds. The fourth-order valence-corrected chi connectivity index (χ4v) is 4.34. The molecule has 2 unspecified atom stereocenters. The summed E-state index contributed by atoms with van der Waals surface area (Å²) in [6.07, 6.45) is 1.94. The molecule has 0 aliphatic heterocycles. The Hall–Kier alpha value is -3.40. The van der Waals surface area contributed by atoms with Gasteiger partial charge in [-0.2, -0.15) is 0 Å². The predicted molar refractivity (Wildman–Crippen MR) is 130 cm³/mol. The Morgan fingerprint density at radius 3 is 2.34 bits per heavy atom. The van der Waals surface area contributed by atoms with E-state index in [1.807, 2.05) is 76.2 Å². The number of rotatable bonds is 4. The zero-order chi connectivity index (χ0) is 23.2. The van der Waals surface area contributed by atoms with Crippen molar-refractivity contribution in [2.75, 3.05) is 0 Å². The van der Waals surface area contributed by atoms with E-state index >= 15 is 0 Å². The largest absolute Gasteiger partial charge is 0.359 e. The molecule has 0 fully saturated rings. The van der Waals surface area contributed by atoms with E-state index in [-0.39, 0.29) is 23.7 Å². The lowest BCUT2D eigenvalue weighted by Gasteiger charge is -2.15. The van der Waals surface area contributed by atoms with Gasteiger partial charge in [-0.05, 0) is 80.6 Å². The molecule has 4 heteroatoms. The van der Waals surface area contributed by atoms with Gasteiger partial charge in [-0.15, -0.1) is 0 Å². The average Bonchev–Trinajstić information content (AvgIpc) is 3.16. The van der Waals surface area contributed by atoms with Crippen molar-refractivity contribution in [1.29, 1.82) is 0 Å². The van der Waals surface area contributed by atoms with E-state index in [0.29, 0.717) is 11.1 Å². The highest BCUT2D eigenvalue weighted by atomic mass is 16.1. The number of aromatic nitrogens is 1. The van der Waals surface area contributed by atoms with Crippen LogP contribution in [0.5, 0.6) is 0 Å². The molecule has 0 spiro atoms. The van der Waals surface area contributed by atoms with Gasteiger partial charge in [0, 0.05) is 28.4 Å². The van der Waals surface area contributed by atoms with E-state index < -0.39 is 0 Å². The molecule has 4 nitrogen and oxygen atoms in total. The number of hydrogen-bond acceptors (Lipinski definition) is 2. The molecule has 1 heterocycles. The molecule has 0 saturated carbocycles. The molecule has 0 radical (unpaired) electrons. The van der Waals surface area contributed by atoms with E-state index in [0.717, 1.165) is 33.6 Å². The van der Waals surface area contributed by atoms with Crippen molar-refractivity contribution in [3.63, 3.8) is 0 Å². The van der Waals surface area contributed by atoms with Crippen LogP contribution in [-0.4, -0.2) is 16.7 Å². The van der Waals surface area contributed by atoms with Crippen LogP contribution in [0.15, 0.2) is 42.5 Å². The van der Waals surface area contributed by atoms with Crippen molar-refractivity contribution < 1.29 is 9.59 Å². The van der Waals surface area contributed by atoms with Gasteiger partial charge in [0.05, 0.1) is 6.04 Å². The maximum absolute atomic E-state index is 13.1. The lowest BCUT2D eigenvalue weighted by Crippen LogP contribution is -2.26. The summed E-state index contributed by atoms with van der Waals surface area (Å²) in [4.78, 5) is 29.4. The smallest absolute Gasteiger partial charge is 0.251 e. The molecule has 0 saturated heterocycles. The van der Waals surface area contributed by atoms with Gasteiger partial charge in [0.1, 0.15) is 0 Å². The number of carbonyl (C=O) groups is 2. The van der Waals surface area contributed by atoms with Crippen molar-refractivity contribution in [3.05, 3.63) is 92.8 Å². The number of nitrogens with one attached hydrogen (secondary N) is 2. The number of Topliss-reactive ketones (excluding diaryl/α,β-unsaturated/α-hetero) is 1. The van der Waals surface area contributed by atoms with Crippen LogP contribution in [-0.2, 0) is 4.79 Å². The van der Waals surface area contributed by atoms with Crippen LogP contribution >= 0.6 is 0 Å². The molecule has 2 atom stereocenters. The number of benzene rings is 2. The SMILES string of the molecule is Cc1ccc(C(C)NC(=O)c2ccc3c(c2)/C(=C/c2[nH]c(C)c(C)c2C)C(=O)C3C)cc1. The number of allylic oxidation sites excluding steroid dienone is 1. The van der Waals surface area contributed by atoms with Crippen LogP contribution < -0.4 is 5.32 Å². The number of carbonyl (C=O) groups excluding carboxylic acids is 2. The molecule has 1 aliphatic rings. The van der Waals surface area contributed by atoms with Crippen LogP contribution in [0.2, 0.25) is 0 Å². The topological polar surface area (TPSA) is 62.0 Å². The number of aromatic amines is 1. The predicted octanol–water partition coefficient (Wildman–Crippen LogP) is 5.97. The molecule has 32 heavy (non-hydrogen) atoms. The summed E-state index contributed by atoms with van der Waals surface area (Å²) in [5, 5.41) is 3.08. The third-order valence-corrected chi connectivity index (χ3v) is 6.80. The molecule has 0 bridgehead atoms. The number of H-pyrrole nitrogens is 1. The summed E-state index contributed by atoms with van der Waals surface area (Å²) in [6, 6.07) is 13.6. The van der Waals surface area contributed by atoms with Crippen molar-refractivity contribution in [3.8, 4) is 0 Å². The van der Waals surface area contributed by atoms with Gasteiger partial charge in [0.2, 0.25) is 0 Å². The van der Waals surface area contributed by atoms with Crippen LogP contribution in [0.4, 0.5) is 0 Å². The average molecular weight is 427 g/mol. The van der Waals surface area contributed by atoms with Gasteiger partial charge < -0.3 is 10.3 Å². The van der Waals surface area contributed by atoms with Crippen LogP contribution in [0.3, 0.4) is 0 Å². The van der Waals surface area contributed by atoms with E-state index in [1.165, 1.54) is 11.1 Å². The van der Waals surface area contributed by atoms with Gasteiger partial charge in [-0.25, -0.2) is 0 Å². The first kappa shape index (κ1) is 21.8. The summed E-state index contributed by atoms with van der Waals surface area (Å²) in [5.41, 5.74) is 9.69. The fraction of sp³-hybridized carbons (Fsp3) is 0.286. The number of aryl methyl sites for hydroxylation is 2. The van der Waals surface area contributed by atoms with Gasteiger partial charge in [0.25, 0.3) is 5.91 Å². The van der Waals surface area contributed by atoms with Gasteiger partial charge in [-0.3, -0.25) is 9.59 Å². The summed E-state index contributed by atoms with van der Waals surface area (Å²) >= 11 is 0. The third-order valence-electron chi connectivity index (χ3n) is 6.80. The van der Waals surface area contributed by atoms with Crippen LogP contribution in [0.25, 0.3) is 11.6 Å². The van der Waals surface area contributed by atoms with Crippen LogP contribution in [0.1, 0.15) is 80.9 Å². The van der Waals surface area contributed by atoms with Crippen molar-refractivity contribution in [1.82, 2.24) is 10.3 Å². The minimum absolute atomic E-state index is 0.0925. The minimum atomic E-state index is -0.211. The Labute approximate surface area is 189 Å². The standard InChI is InChI=1S/C28H30N2O2/c1-15-7-9-21(10-8-15)20(6)30-28(32)22-11-12-23-18(4)27(31)25(24(23)13-22)14-26-17(3)16(2)19(5)29-26/h7-14,18,20,29H,1-6H3,(H,30,32)/b25-14-. The molecule has 2 aromatic carbocycles. The third kappa shape index (κ3) is 3.81. The van der Waals surface area contributed by atoms with Crippen molar-refractivity contribution in [2.45, 2.75) is 53.5 Å². The summed E-state index contributed by atoms with van der Waals surface area (Å²) in [6.45, 7) is 12.1. The monoisotopic (exact) mass is 426 g/mol. The molecule has 3 aromatic rings. The van der Waals surface area contributed by atoms with E-state index in [4.69, 9.17) is 0 Å². The zero-order valence-electron chi connectivity index (χ0n) is 19.6. The molecular weight excluding hydrogens is 396 g/mol. The molecule has 2 N–H and O–H groups in total. The van der Waals surface area contributed by atoms with Crippen molar-refractivity contribution >= 4 is 23.3 Å². The van der Waals surface area contributed by atoms with Gasteiger partial charge >= 0.3 is 0 Å². The molecule has 4 rings (SSSR count). The van der Waals surface area contributed by atoms with Crippen molar-refractivity contribution in [2.24, 2.45) is 0 Å². The number of amides is 1. The maximum atomic E-state index is 13.1. The Kier molecular flexibility index (Phi) is 5.64. The van der Waals surface area contributed by atoms with Crippen LogP contribution in [0, 0.1) is 27.7 Å². The summed E-state index contributed by atoms with van der Waals surface area (Å²) in [7, 11) is 0. The second-order valence-electron chi connectivity index (χ2n) is 8.97. The Morgan fingerprint density at radius 2 is 1.72 bits per heavy atom. The van der Waals surface area contributed by atoms with E-state index in [9.17, 15) is 9.59 Å². The highest BCUT2D eigenvalue weighted by Gasteiger charge is 2.32. The molecular formula is C28H30N2O2. The van der Waals surface area contributed by atoms with Gasteiger partial charge in [0.15, 0.2) is 5.78 Å². The molecule has 1 aliphatic carbocycles. The highest BCUT2D eigenvalue weighted by Crippen LogP contribution is 2.40. The molecule has 1 aromatic heterocycles. The quantitative estimate of drug-likeness (QED) is 0.505. The van der Waals surface area contributed by atoms with E-state index in [2.05, 4.69) is 24.1 Å². The zero-order valence-corrected chi connectivity index (χ0v) is 19.6. The Bertz CT molecular complexity index is 1250. The lowest BCUT2D eigenvalue weighted by molar-refractivity contribution is -0.114. The normalized spacial score (nSPS) is 17.5. The second kappa shape index (κ2) is 8.27. The second-order valence-corrected chi connectivity index (χ2v) is 8.97. The Morgan fingerprint density at radius 1 is 1.03 bits per heavy atom. The number of hydrogen-bond donors (Lipinski definition) is 2.